The predicted octanol–water partition coefficient (Wildman–Crippen LogP) is 6.22. The lowest BCUT2D eigenvalue weighted by Gasteiger charge is -2.46. The number of nitrogens with two attached hydrogens (primary N) is 1. The van der Waals surface area contributed by atoms with E-state index < -0.39 is 12.1 Å². The summed E-state index contributed by atoms with van der Waals surface area (Å²) in [5, 5.41) is 10.4. The van der Waals surface area contributed by atoms with Crippen molar-refractivity contribution in [1.82, 2.24) is 10.6 Å². The molecular weight excluding hydrogens is 606 g/mol. The highest BCUT2D eigenvalue weighted by atomic mass is 79.9. The standard InChI is InChI=1S/C26H33BrF3N5O.2ClH/c1-32-24-21-6-2-3-7-22(21)34-25(31,35-24)19-11-8-17(9-12-19)16-33-14-4-5-18-10-13-20(27)15-23(18)36-26(28,29)30;;/h2-3,6-7,10,13,15,17,19,33-34H,4-5,8-9,11-12,14,16,31H2,1H3,(H,32,35);2*1H. The molecule has 0 spiro atoms. The van der Waals surface area contributed by atoms with Crippen molar-refractivity contribution >= 4 is 52.3 Å². The van der Waals surface area contributed by atoms with E-state index in [1.165, 1.54) is 6.07 Å². The monoisotopic (exact) mass is 639 g/mol. The SMILES string of the molecule is CN=C1NC(N)(C2CCC(CNCCCc3ccc(Br)cc3OC(F)(F)F)CC2)Nc2ccccc21.Cl.Cl. The summed E-state index contributed by atoms with van der Waals surface area (Å²) >= 11 is 3.21. The predicted molar refractivity (Wildman–Crippen MR) is 155 cm³/mol. The number of ether oxygens (including phenoxy) is 1. The molecule has 1 saturated carbocycles. The fourth-order valence-corrected chi connectivity index (χ4v) is 5.52. The molecule has 2 aromatic carbocycles. The number of nitrogens with one attached hydrogen (secondary N) is 3. The first-order valence-electron chi connectivity index (χ1n) is 12.3. The Hall–Kier alpha value is -1.72. The van der Waals surface area contributed by atoms with E-state index in [1.54, 1.807) is 19.2 Å². The van der Waals surface area contributed by atoms with Crippen LogP contribution in [0.4, 0.5) is 18.9 Å². The number of benzene rings is 2. The number of halogens is 6. The van der Waals surface area contributed by atoms with Gasteiger partial charge in [-0.1, -0.05) is 34.1 Å². The Morgan fingerprint density at radius 1 is 1.11 bits per heavy atom. The second kappa shape index (κ2) is 14.1. The van der Waals surface area contributed by atoms with Gasteiger partial charge in [0.15, 0.2) is 5.79 Å². The van der Waals surface area contributed by atoms with Crippen LogP contribution in [-0.4, -0.2) is 38.1 Å². The smallest absolute Gasteiger partial charge is 0.405 e. The summed E-state index contributed by atoms with van der Waals surface area (Å²) in [6.45, 7) is 1.63. The van der Waals surface area contributed by atoms with E-state index >= 15 is 0 Å². The highest BCUT2D eigenvalue weighted by Gasteiger charge is 2.41. The number of para-hydroxylation sites is 1. The number of aliphatic imine (C=N–C) groups is 1. The van der Waals surface area contributed by atoms with Crippen LogP contribution in [0.15, 0.2) is 51.9 Å². The lowest BCUT2D eigenvalue weighted by Crippen LogP contribution is -2.68. The number of amidine groups is 1. The summed E-state index contributed by atoms with van der Waals surface area (Å²) in [5.41, 5.74) is 9.39. The van der Waals surface area contributed by atoms with Crippen molar-refractivity contribution in [3.63, 3.8) is 0 Å². The maximum absolute atomic E-state index is 12.7. The van der Waals surface area contributed by atoms with Crippen LogP contribution < -0.4 is 26.4 Å². The van der Waals surface area contributed by atoms with Crippen molar-refractivity contribution in [3.05, 3.63) is 58.1 Å². The largest absolute Gasteiger partial charge is 0.573 e. The zero-order valence-electron chi connectivity index (χ0n) is 21.1. The molecule has 1 heterocycles. The van der Waals surface area contributed by atoms with Crippen molar-refractivity contribution in [1.29, 1.82) is 0 Å². The lowest BCUT2D eigenvalue weighted by molar-refractivity contribution is -0.274. The molecule has 0 bridgehead atoms. The normalized spacial score (nSPS) is 23.8. The minimum absolute atomic E-state index is 0. The van der Waals surface area contributed by atoms with E-state index in [2.05, 4.69) is 41.6 Å². The molecule has 2 aliphatic rings. The van der Waals surface area contributed by atoms with Crippen molar-refractivity contribution in [3.8, 4) is 5.75 Å². The number of rotatable bonds is 8. The van der Waals surface area contributed by atoms with Gasteiger partial charge in [0, 0.05) is 28.7 Å². The van der Waals surface area contributed by atoms with Crippen molar-refractivity contribution in [2.24, 2.45) is 22.6 Å². The molecule has 4 rings (SSSR count). The summed E-state index contributed by atoms with van der Waals surface area (Å²) in [7, 11) is 1.77. The van der Waals surface area contributed by atoms with Crippen LogP contribution in [0.25, 0.3) is 0 Å². The van der Waals surface area contributed by atoms with Crippen LogP contribution in [0.1, 0.15) is 43.2 Å². The van der Waals surface area contributed by atoms with Crippen LogP contribution >= 0.6 is 40.7 Å². The molecule has 1 aliphatic heterocycles. The number of aryl methyl sites for hydroxylation is 1. The number of anilines is 1. The van der Waals surface area contributed by atoms with Crippen LogP contribution in [0.5, 0.6) is 5.75 Å². The molecule has 212 valence electrons. The van der Waals surface area contributed by atoms with Gasteiger partial charge in [-0.2, -0.15) is 0 Å². The van der Waals surface area contributed by atoms with Crippen molar-refractivity contribution in [2.75, 3.05) is 25.5 Å². The van der Waals surface area contributed by atoms with Gasteiger partial charge in [0.2, 0.25) is 0 Å². The quantitative estimate of drug-likeness (QED) is 0.257. The Labute approximate surface area is 242 Å². The molecule has 5 N–H and O–H groups in total. The average Bonchev–Trinajstić information content (AvgIpc) is 2.84. The highest BCUT2D eigenvalue weighted by molar-refractivity contribution is 9.10. The van der Waals surface area contributed by atoms with Crippen molar-refractivity contribution < 1.29 is 17.9 Å². The lowest BCUT2D eigenvalue weighted by atomic mass is 9.77. The summed E-state index contributed by atoms with van der Waals surface area (Å²) in [6.07, 6.45) is 0.661. The van der Waals surface area contributed by atoms with Crippen LogP contribution in [0.2, 0.25) is 0 Å². The fourth-order valence-electron chi connectivity index (χ4n) is 5.18. The van der Waals surface area contributed by atoms with Gasteiger partial charge in [-0.3, -0.25) is 10.7 Å². The molecule has 2 aromatic rings. The van der Waals surface area contributed by atoms with E-state index in [1.807, 2.05) is 24.3 Å². The summed E-state index contributed by atoms with van der Waals surface area (Å²) < 4.78 is 42.9. The number of alkyl halides is 3. The third-order valence-corrected chi connectivity index (χ3v) is 7.54. The molecule has 12 heteroatoms. The van der Waals surface area contributed by atoms with Gasteiger partial charge in [0.25, 0.3) is 0 Å². The van der Waals surface area contributed by atoms with E-state index in [0.29, 0.717) is 22.4 Å². The number of fused-ring (bicyclic) bond motifs is 1. The minimum atomic E-state index is -4.70. The topological polar surface area (TPSA) is 83.7 Å². The zero-order valence-corrected chi connectivity index (χ0v) is 24.3. The molecule has 1 fully saturated rings. The maximum atomic E-state index is 12.7. The van der Waals surface area contributed by atoms with Gasteiger partial charge < -0.3 is 20.7 Å². The Kier molecular flexibility index (Phi) is 12.0. The van der Waals surface area contributed by atoms with Crippen LogP contribution in [0.3, 0.4) is 0 Å². The first-order valence-corrected chi connectivity index (χ1v) is 13.1. The van der Waals surface area contributed by atoms with E-state index in [0.717, 1.165) is 62.3 Å². The maximum Gasteiger partial charge on any atom is 0.573 e. The summed E-state index contributed by atoms with van der Waals surface area (Å²) in [4.78, 5) is 4.41. The zero-order chi connectivity index (χ0) is 25.8. The molecule has 38 heavy (non-hydrogen) atoms. The Morgan fingerprint density at radius 2 is 1.82 bits per heavy atom. The Bertz CT molecular complexity index is 1080. The van der Waals surface area contributed by atoms with Gasteiger partial charge >= 0.3 is 6.36 Å². The van der Waals surface area contributed by atoms with Gasteiger partial charge in [-0.05, 0) is 87.4 Å². The first kappa shape index (κ1) is 32.5. The third-order valence-electron chi connectivity index (χ3n) is 7.05. The first-order chi connectivity index (χ1) is 17.2. The Balaban J connectivity index is 0.00000253. The molecule has 1 unspecified atom stereocenters. The average molecular weight is 641 g/mol. The number of nitrogens with zero attached hydrogens (tertiary/aromatic N) is 1. The number of hydrogen-bond donors (Lipinski definition) is 4. The Morgan fingerprint density at radius 3 is 2.50 bits per heavy atom. The second-order valence-electron chi connectivity index (χ2n) is 9.56. The van der Waals surface area contributed by atoms with Crippen LogP contribution in [-0.2, 0) is 6.42 Å². The molecule has 0 amide bonds. The summed E-state index contributed by atoms with van der Waals surface area (Å²) in [5.74, 6) is 0.753. The van der Waals surface area contributed by atoms with Crippen molar-refractivity contribution in [2.45, 2.75) is 50.7 Å². The highest BCUT2D eigenvalue weighted by Crippen LogP contribution is 2.36. The molecule has 0 saturated heterocycles. The fraction of sp³-hybridized carbons (Fsp3) is 0.500. The van der Waals surface area contributed by atoms with Gasteiger partial charge in [-0.15, -0.1) is 38.0 Å². The van der Waals surface area contributed by atoms with Gasteiger partial charge in [-0.25, -0.2) is 0 Å². The van der Waals surface area contributed by atoms with Gasteiger partial charge in [0.05, 0.1) is 0 Å². The van der Waals surface area contributed by atoms with Crippen LogP contribution in [0, 0.1) is 11.8 Å². The molecule has 0 aromatic heterocycles. The molecule has 1 atom stereocenters. The van der Waals surface area contributed by atoms with E-state index in [-0.39, 0.29) is 36.5 Å². The second-order valence-corrected chi connectivity index (χ2v) is 10.5. The van der Waals surface area contributed by atoms with Gasteiger partial charge in [0.1, 0.15) is 11.6 Å². The van der Waals surface area contributed by atoms with E-state index in [9.17, 15) is 13.2 Å². The van der Waals surface area contributed by atoms with E-state index in [4.69, 9.17) is 5.73 Å². The number of hydrogen-bond acceptors (Lipinski definition) is 5. The minimum Gasteiger partial charge on any atom is -0.405 e. The molecule has 6 nitrogen and oxygen atoms in total. The molecule has 1 aliphatic carbocycles. The molecule has 0 radical (unpaired) electrons. The summed E-state index contributed by atoms with van der Waals surface area (Å²) in [6, 6.07) is 12.8. The molecular formula is C26H35BrCl2F3N5O. The third kappa shape index (κ3) is 8.39.